The van der Waals surface area contributed by atoms with Crippen molar-refractivity contribution >= 4 is 85.2 Å². The largest absolute Gasteiger partial charge is 0.508 e. The van der Waals surface area contributed by atoms with Crippen molar-refractivity contribution in [3.8, 4) is 85.7 Å². The zero-order valence-corrected chi connectivity index (χ0v) is 71.0. The molecular weight excluding hydrogens is 1720 g/mol. The minimum Gasteiger partial charge on any atom is -0.508 e. The van der Waals surface area contributed by atoms with Crippen LogP contribution < -0.4 is 9.47 Å². The van der Waals surface area contributed by atoms with Crippen molar-refractivity contribution in [1.82, 2.24) is 39.0 Å². The van der Waals surface area contributed by atoms with E-state index in [2.05, 4.69) is 54.8 Å². The lowest BCUT2D eigenvalue weighted by molar-refractivity contribution is 0.103. The lowest BCUT2D eigenvalue weighted by atomic mass is 10.0. The Morgan fingerprint density at radius 2 is 0.614 bits per heavy atom. The quantitative estimate of drug-likeness (QED) is 0.0432. The topological polar surface area (TPSA) is 288 Å². The van der Waals surface area contributed by atoms with Crippen molar-refractivity contribution in [2.45, 2.75) is 58.6 Å². The number of phenolic OH excluding ortho intramolecular Hbond substituents is 2. The first kappa shape index (κ1) is 91.8. The van der Waals surface area contributed by atoms with E-state index in [4.69, 9.17) is 29.7 Å². The average Bonchev–Trinajstić information content (AvgIpc) is 1.60. The highest BCUT2D eigenvalue weighted by Crippen LogP contribution is 2.37. The summed E-state index contributed by atoms with van der Waals surface area (Å²) in [4.78, 5) is 51.9. The lowest BCUT2D eigenvalue weighted by Crippen LogP contribution is -2.03. The van der Waals surface area contributed by atoms with Crippen LogP contribution in [0.15, 0.2) is 418 Å². The van der Waals surface area contributed by atoms with Crippen molar-refractivity contribution in [2.75, 3.05) is 0 Å². The highest BCUT2D eigenvalue weighted by atomic mass is 32.2. The van der Waals surface area contributed by atoms with Crippen LogP contribution in [0, 0.1) is 18.6 Å². The molecule has 0 unspecified atom stereocenters. The van der Waals surface area contributed by atoms with Gasteiger partial charge in [0, 0.05) is 57.2 Å². The van der Waals surface area contributed by atoms with E-state index in [1.165, 1.54) is 72.8 Å². The molecule has 20 nitrogen and oxygen atoms in total. The average molecular weight is 1810 g/mol. The van der Waals surface area contributed by atoms with E-state index < -0.39 is 41.1 Å². The van der Waals surface area contributed by atoms with E-state index in [1.54, 1.807) is 146 Å². The molecule has 0 saturated carbocycles. The van der Waals surface area contributed by atoms with Gasteiger partial charge in [-0.05, 0) is 298 Å². The Kier molecular flexibility index (Phi) is 27.5. The highest BCUT2D eigenvalue weighted by Gasteiger charge is 2.24. The summed E-state index contributed by atoms with van der Waals surface area (Å²) in [7, 11) is -9.27. The fraction of sp³-hybridized carbons (Fsp3) is 0.0467. The van der Waals surface area contributed by atoms with Crippen LogP contribution in [0.5, 0.6) is 34.5 Å². The summed E-state index contributed by atoms with van der Waals surface area (Å²) in [6.07, 6.45) is 0. The zero-order valence-electron chi connectivity index (χ0n) is 68.6. The number of aromatic nitrogens is 8. The second-order valence-corrected chi connectivity index (χ2v) is 35.6. The number of phenols is 2. The Balaban J connectivity index is 0.000000186. The number of H-pyrrole nitrogens is 2. The molecule has 20 rings (SSSR count). The minimum absolute atomic E-state index is 0. The molecule has 132 heavy (non-hydrogen) atoms. The summed E-state index contributed by atoms with van der Waals surface area (Å²) in [6, 6.07) is 109. The van der Waals surface area contributed by atoms with Gasteiger partial charge in [-0.3, -0.25) is 14.2 Å². The number of hydrogen-bond donors (Lipinski definition) is 4. The van der Waals surface area contributed by atoms with Gasteiger partial charge in [0.1, 0.15) is 69.4 Å². The molecular formula is C107H86F2N8O12S3. The number of nitrogens with one attached hydrogen (secondary N) is 2. The minimum atomic E-state index is -3.90. The molecule has 0 aliphatic carbocycles. The van der Waals surface area contributed by atoms with Crippen molar-refractivity contribution in [1.29, 1.82) is 0 Å². The fourth-order valence-corrected chi connectivity index (χ4v) is 18.1. The number of carbonyl (C=O) groups is 2. The number of hydrogen-bond acceptors (Lipinski definition) is 16. The smallest absolute Gasteiger partial charge is 0.206 e. The van der Waals surface area contributed by atoms with Crippen molar-refractivity contribution < 1.29 is 63.3 Å². The Bertz CT molecular complexity index is 7650. The Labute approximate surface area is 761 Å². The van der Waals surface area contributed by atoms with Gasteiger partial charge in [-0.25, -0.2) is 54.0 Å². The number of nitrogens with zero attached hydrogens (tertiary/aromatic N) is 6. The maximum Gasteiger partial charge on any atom is 0.206 e. The Hall–Kier alpha value is -16.4. The summed E-state index contributed by atoms with van der Waals surface area (Å²) in [6.45, 7) is 1.90. The summed E-state index contributed by atoms with van der Waals surface area (Å²) < 4.78 is 119. The van der Waals surface area contributed by atoms with Gasteiger partial charge >= 0.3 is 0 Å². The van der Waals surface area contributed by atoms with Gasteiger partial charge in [0.2, 0.25) is 29.5 Å². The predicted molar refractivity (Wildman–Crippen MR) is 512 cm³/mol. The van der Waals surface area contributed by atoms with Crippen LogP contribution in [0.2, 0.25) is 0 Å². The van der Waals surface area contributed by atoms with E-state index in [0.29, 0.717) is 51.1 Å². The first-order chi connectivity index (χ1) is 62.4. The number of aromatic amines is 2. The van der Waals surface area contributed by atoms with E-state index >= 15 is 0 Å². The molecule has 4 aromatic heterocycles. The van der Waals surface area contributed by atoms with Crippen LogP contribution in [0.3, 0.4) is 0 Å². The molecule has 0 saturated heterocycles. The van der Waals surface area contributed by atoms with Crippen LogP contribution in [0.25, 0.3) is 95.4 Å². The van der Waals surface area contributed by atoms with Gasteiger partial charge in [0.25, 0.3) is 0 Å². The van der Waals surface area contributed by atoms with Crippen LogP contribution in [-0.4, -0.2) is 86.1 Å². The summed E-state index contributed by atoms with van der Waals surface area (Å²) in [5, 5.41) is 18.2. The third-order valence-corrected chi connectivity index (χ3v) is 26.5. The fourth-order valence-electron chi connectivity index (χ4n) is 14.4. The van der Waals surface area contributed by atoms with E-state index in [0.717, 1.165) is 119 Å². The van der Waals surface area contributed by atoms with Crippen molar-refractivity contribution in [3.63, 3.8) is 0 Å². The van der Waals surface area contributed by atoms with Gasteiger partial charge in [-0.2, -0.15) is 0 Å². The monoisotopic (exact) mass is 1810 g/mol. The van der Waals surface area contributed by atoms with E-state index in [-0.39, 0.29) is 74.7 Å². The molecule has 0 aliphatic rings. The van der Waals surface area contributed by atoms with E-state index in [1.807, 2.05) is 134 Å². The van der Waals surface area contributed by atoms with Gasteiger partial charge in [0.15, 0.2) is 11.6 Å². The van der Waals surface area contributed by atoms with Crippen molar-refractivity contribution in [2.24, 2.45) is 7.05 Å². The van der Waals surface area contributed by atoms with Gasteiger partial charge < -0.3 is 34.2 Å². The number of aromatic hydroxyl groups is 2. The standard InChI is InChI=1S/C59H42N4O7S2.C20H14N4.C13H10O3.C12H8F2O2S.3CH4/c1-39-14-30-49(31-15-39)71(65,66)51-34-26-47(27-35-51)69-45-22-16-40(17-23-45)57(64)41-18-24-46(25-19-41)70-48-28-36-52(37-29-48)72(67,68)50-32-20-44(21-33-50)63-56-13-6-4-11-54(56)61-59(63)43-9-7-8-42(38-43)58-60-53-10-3-5-12-55(53)62(58)2;1-2-9-16-15(8-1)21-19(22-16)13-6-5-7-14(12-13)20-23-17-10-3-4-11-18(17)24-20;14-11-5-1-9(2-6-11)13(16)10-3-7-12(15)8-4-10;13-9-1-5-11(6-2-9)17(15,16)12-7-3-10(14)4-8-12;;;/h3-38H,1-2H3;1-12H,(H,21,22)(H,23,24);1-8,14-15H;1-8H;3*1H4. The molecule has 0 aliphatic heterocycles. The molecule has 0 fully saturated rings. The van der Waals surface area contributed by atoms with Gasteiger partial charge in [-0.1, -0.05) is 125 Å². The number of carbonyl (C=O) groups excluding carboxylic acids is 2. The molecule has 0 radical (unpaired) electrons. The van der Waals surface area contributed by atoms with Crippen LogP contribution in [0.1, 0.15) is 59.7 Å². The predicted octanol–water partition coefficient (Wildman–Crippen LogP) is 24.8. The molecule has 658 valence electrons. The Morgan fingerprint density at radius 1 is 0.318 bits per heavy atom. The zero-order chi connectivity index (χ0) is 89.5. The lowest BCUT2D eigenvalue weighted by Gasteiger charge is -2.12. The SMILES string of the molecule is C.C.C.Cc1ccc(S(=O)(=O)c2ccc(Oc3ccc(C(=O)c4ccc(Oc5ccc(S(=O)(=O)c6ccc(-n7c(-c8cccc(-c9nc%10ccccc%10n9C)c8)nc8ccccc87)cc6)cc5)cc4)cc3)cc2)cc1.O=C(c1ccc(O)cc1)c1ccc(O)cc1.O=S(=O)(c1ccc(F)cc1)c1ccc(F)cc1.c1cc(-c2nc3ccccc3[nH]2)cc(-c2nc3ccccc3[nH]2)c1. The molecule has 0 atom stereocenters. The van der Waals surface area contributed by atoms with Crippen LogP contribution in [-0.2, 0) is 36.6 Å². The maximum absolute atomic E-state index is 14.0. The van der Waals surface area contributed by atoms with E-state index in [9.17, 15) is 43.6 Å². The first-order valence-electron chi connectivity index (χ1n) is 40.3. The molecule has 16 aromatic carbocycles. The number of aryl methyl sites for hydroxylation is 2. The third kappa shape index (κ3) is 20.1. The number of benzene rings is 16. The molecule has 4 N–H and O–H groups in total. The molecule has 0 spiro atoms. The maximum atomic E-state index is 14.0. The Morgan fingerprint density at radius 3 is 1.00 bits per heavy atom. The summed E-state index contributed by atoms with van der Waals surface area (Å²) in [5.41, 5.74) is 15.2. The number of sulfone groups is 3. The number of ether oxygens (including phenoxy) is 2. The molecule has 0 amide bonds. The van der Waals surface area contributed by atoms with Crippen LogP contribution >= 0.6 is 0 Å². The van der Waals surface area contributed by atoms with Gasteiger partial charge in [-0.15, -0.1) is 0 Å². The normalized spacial score (nSPS) is 11.2. The summed E-state index contributed by atoms with van der Waals surface area (Å²) in [5.74, 6) is 3.97. The first-order valence-corrected chi connectivity index (χ1v) is 44.7. The number of fused-ring (bicyclic) bond motifs is 4. The second kappa shape index (κ2) is 39.5. The highest BCUT2D eigenvalue weighted by molar-refractivity contribution is 7.92. The second-order valence-electron chi connectivity index (χ2n) is 29.8. The number of halogens is 2. The summed E-state index contributed by atoms with van der Waals surface area (Å²) >= 11 is 0. The molecule has 20 aromatic rings. The molecule has 0 bridgehead atoms. The van der Waals surface area contributed by atoms with Gasteiger partial charge in [0.05, 0.1) is 73.5 Å². The number of imidazole rings is 4. The number of para-hydroxylation sites is 8. The third-order valence-electron chi connectivity index (χ3n) is 21.1. The number of ketones is 2. The molecule has 25 heteroatoms. The molecule has 4 heterocycles. The van der Waals surface area contributed by atoms with Crippen LogP contribution in [0.4, 0.5) is 8.78 Å². The number of rotatable bonds is 19. The van der Waals surface area contributed by atoms with Crippen molar-refractivity contribution in [3.05, 3.63) is 428 Å².